The van der Waals surface area contributed by atoms with Gasteiger partial charge in [0.05, 0.1) is 19.0 Å². The van der Waals surface area contributed by atoms with Crippen LogP contribution in [-0.4, -0.2) is 38.7 Å². The van der Waals surface area contributed by atoms with Gasteiger partial charge >= 0.3 is 0 Å². The van der Waals surface area contributed by atoms with E-state index in [9.17, 15) is 8.78 Å². The van der Waals surface area contributed by atoms with Crippen LogP contribution in [0.15, 0.2) is 24.5 Å². The minimum Gasteiger partial charge on any atom is -0.491 e. The molecule has 0 radical (unpaired) electrons. The van der Waals surface area contributed by atoms with Gasteiger partial charge in [-0.2, -0.15) is 9.97 Å². The summed E-state index contributed by atoms with van der Waals surface area (Å²) in [6, 6.07) is 5.04. The molecule has 3 rings (SSSR count). The lowest BCUT2D eigenvalue weighted by Crippen LogP contribution is -2.10. The standard InChI is InChI=1S/C17H18ClF2N5O2/c1-9(2)27-12-4-10(3-11(5-12)26-7-13(19)20)6-25-8-22-14-15(21)23-17(18)24-16(14)25/h3-5,8-9,13H,6-7H2,1-2H3,(H2,21,23,24). The van der Waals surface area contributed by atoms with Gasteiger partial charge < -0.3 is 19.8 Å². The Kier molecular flexibility index (Phi) is 5.59. The average Bonchev–Trinajstić information content (AvgIpc) is 2.95. The molecule has 0 atom stereocenters. The van der Waals surface area contributed by atoms with E-state index in [0.717, 1.165) is 5.56 Å². The molecule has 10 heteroatoms. The van der Waals surface area contributed by atoms with Gasteiger partial charge in [-0.05, 0) is 43.1 Å². The second-order valence-electron chi connectivity index (χ2n) is 6.10. The maximum absolute atomic E-state index is 12.5. The van der Waals surface area contributed by atoms with Crippen LogP contribution in [0.1, 0.15) is 19.4 Å². The maximum atomic E-state index is 12.5. The lowest BCUT2D eigenvalue weighted by molar-refractivity contribution is 0.0816. The summed E-state index contributed by atoms with van der Waals surface area (Å²) in [4.78, 5) is 12.2. The van der Waals surface area contributed by atoms with Crippen LogP contribution in [-0.2, 0) is 6.54 Å². The van der Waals surface area contributed by atoms with E-state index in [0.29, 0.717) is 29.2 Å². The SMILES string of the molecule is CC(C)Oc1cc(Cn2cnc3c(N)nc(Cl)nc32)cc(OCC(F)F)c1. The Bertz CT molecular complexity index is 948. The number of imidazole rings is 1. The Balaban J connectivity index is 1.94. The third kappa shape index (κ3) is 4.73. The third-order valence-corrected chi connectivity index (χ3v) is 3.67. The first-order valence-corrected chi connectivity index (χ1v) is 8.55. The lowest BCUT2D eigenvalue weighted by Gasteiger charge is -2.14. The molecular formula is C17H18ClF2N5O2. The largest absolute Gasteiger partial charge is 0.491 e. The number of hydrogen-bond acceptors (Lipinski definition) is 6. The number of rotatable bonds is 7. The van der Waals surface area contributed by atoms with E-state index >= 15 is 0 Å². The van der Waals surface area contributed by atoms with E-state index < -0.39 is 13.0 Å². The Morgan fingerprint density at radius 2 is 1.93 bits per heavy atom. The van der Waals surface area contributed by atoms with Crippen LogP contribution >= 0.6 is 11.6 Å². The van der Waals surface area contributed by atoms with Gasteiger partial charge in [-0.15, -0.1) is 0 Å². The molecule has 2 aromatic heterocycles. The van der Waals surface area contributed by atoms with Gasteiger partial charge in [-0.1, -0.05) is 0 Å². The minimum atomic E-state index is -2.57. The summed E-state index contributed by atoms with van der Waals surface area (Å²) in [7, 11) is 0. The molecule has 0 spiro atoms. The predicted molar refractivity (Wildman–Crippen MR) is 97.6 cm³/mol. The Morgan fingerprint density at radius 1 is 1.19 bits per heavy atom. The van der Waals surface area contributed by atoms with Crippen molar-refractivity contribution in [3.05, 3.63) is 35.4 Å². The number of fused-ring (bicyclic) bond motifs is 1. The molecule has 144 valence electrons. The number of aromatic nitrogens is 4. The first-order valence-electron chi connectivity index (χ1n) is 8.17. The van der Waals surface area contributed by atoms with Gasteiger partial charge in [0.2, 0.25) is 5.28 Å². The van der Waals surface area contributed by atoms with Crippen molar-refractivity contribution < 1.29 is 18.3 Å². The van der Waals surface area contributed by atoms with Crippen LogP contribution in [0.5, 0.6) is 11.5 Å². The summed E-state index contributed by atoms with van der Waals surface area (Å²) in [6.45, 7) is 3.39. The molecule has 0 bridgehead atoms. The summed E-state index contributed by atoms with van der Waals surface area (Å²) in [5.41, 5.74) is 7.47. The normalized spacial score (nSPS) is 11.5. The average molecular weight is 398 g/mol. The molecule has 7 nitrogen and oxygen atoms in total. The second kappa shape index (κ2) is 7.91. The van der Waals surface area contributed by atoms with Crippen molar-refractivity contribution in [3.8, 4) is 11.5 Å². The summed E-state index contributed by atoms with van der Waals surface area (Å²) in [5.74, 6) is 0.991. The van der Waals surface area contributed by atoms with Gasteiger partial charge in [0, 0.05) is 6.07 Å². The summed E-state index contributed by atoms with van der Waals surface area (Å²) >= 11 is 5.88. The lowest BCUT2D eigenvalue weighted by atomic mass is 10.2. The number of halogens is 3. The number of alkyl halides is 2. The van der Waals surface area contributed by atoms with Crippen molar-refractivity contribution in [2.75, 3.05) is 12.3 Å². The molecule has 0 saturated heterocycles. The van der Waals surface area contributed by atoms with E-state index in [-0.39, 0.29) is 17.2 Å². The van der Waals surface area contributed by atoms with E-state index in [1.54, 1.807) is 29.1 Å². The van der Waals surface area contributed by atoms with Gasteiger partial charge in [-0.25, -0.2) is 13.8 Å². The van der Waals surface area contributed by atoms with E-state index in [1.807, 2.05) is 13.8 Å². The van der Waals surface area contributed by atoms with Gasteiger partial charge in [-0.3, -0.25) is 0 Å². The highest BCUT2D eigenvalue weighted by atomic mass is 35.5. The molecule has 0 aliphatic heterocycles. The molecule has 3 aromatic rings. The molecule has 0 unspecified atom stereocenters. The molecule has 0 aliphatic carbocycles. The fourth-order valence-corrected chi connectivity index (χ4v) is 2.73. The van der Waals surface area contributed by atoms with Crippen LogP contribution in [0.25, 0.3) is 11.2 Å². The third-order valence-electron chi connectivity index (χ3n) is 3.50. The van der Waals surface area contributed by atoms with Crippen LogP contribution in [0.4, 0.5) is 14.6 Å². The topological polar surface area (TPSA) is 88.1 Å². The van der Waals surface area contributed by atoms with E-state index in [2.05, 4.69) is 15.0 Å². The number of hydrogen-bond donors (Lipinski definition) is 1. The molecule has 1 aromatic carbocycles. The quantitative estimate of drug-likeness (QED) is 0.613. The zero-order valence-electron chi connectivity index (χ0n) is 14.7. The van der Waals surface area contributed by atoms with E-state index in [4.69, 9.17) is 26.8 Å². The van der Waals surface area contributed by atoms with Crippen molar-refractivity contribution in [1.29, 1.82) is 0 Å². The second-order valence-corrected chi connectivity index (χ2v) is 6.44. The number of ether oxygens (including phenoxy) is 2. The van der Waals surface area contributed by atoms with Crippen LogP contribution in [0, 0.1) is 0 Å². The highest BCUT2D eigenvalue weighted by Crippen LogP contribution is 2.26. The molecule has 0 saturated carbocycles. The van der Waals surface area contributed by atoms with Crippen LogP contribution < -0.4 is 15.2 Å². The van der Waals surface area contributed by atoms with Crippen molar-refractivity contribution >= 4 is 28.6 Å². The summed E-state index contributed by atoms with van der Waals surface area (Å²) in [6.07, 6.45) is -1.09. The highest BCUT2D eigenvalue weighted by Gasteiger charge is 2.13. The maximum Gasteiger partial charge on any atom is 0.272 e. The van der Waals surface area contributed by atoms with Crippen molar-refractivity contribution in [3.63, 3.8) is 0 Å². The molecule has 2 N–H and O–H groups in total. The van der Waals surface area contributed by atoms with Crippen molar-refractivity contribution in [1.82, 2.24) is 19.5 Å². The molecule has 0 fully saturated rings. The first-order chi connectivity index (χ1) is 12.8. The smallest absolute Gasteiger partial charge is 0.272 e. The fourth-order valence-electron chi connectivity index (χ4n) is 2.56. The highest BCUT2D eigenvalue weighted by molar-refractivity contribution is 6.28. The van der Waals surface area contributed by atoms with Crippen LogP contribution in [0.3, 0.4) is 0 Å². The van der Waals surface area contributed by atoms with E-state index in [1.165, 1.54) is 0 Å². The number of nitrogens with two attached hydrogens (primary N) is 1. The first kappa shape index (κ1) is 19.1. The molecular weight excluding hydrogens is 380 g/mol. The zero-order chi connectivity index (χ0) is 19.6. The Morgan fingerprint density at radius 3 is 2.63 bits per heavy atom. The van der Waals surface area contributed by atoms with Crippen molar-refractivity contribution in [2.45, 2.75) is 32.9 Å². The Labute approximate surface area is 159 Å². The molecule has 0 aliphatic rings. The summed E-state index contributed by atoms with van der Waals surface area (Å²) < 4.78 is 37.5. The monoisotopic (exact) mass is 397 g/mol. The van der Waals surface area contributed by atoms with Gasteiger partial charge in [0.1, 0.15) is 23.6 Å². The number of nitrogens with zero attached hydrogens (tertiary/aromatic N) is 4. The van der Waals surface area contributed by atoms with Gasteiger partial charge in [0.25, 0.3) is 6.43 Å². The molecule has 0 amide bonds. The van der Waals surface area contributed by atoms with Crippen LogP contribution in [0.2, 0.25) is 5.28 Å². The number of benzene rings is 1. The minimum absolute atomic E-state index is 0.0135. The molecule has 2 heterocycles. The predicted octanol–water partition coefficient (Wildman–Crippen LogP) is 3.54. The number of anilines is 1. The molecule has 27 heavy (non-hydrogen) atoms. The van der Waals surface area contributed by atoms with Gasteiger partial charge in [0.15, 0.2) is 11.5 Å². The van der Waals surface area contributed by atoms with Crippen molar-refractivity contribution in [2.24, 2.45) is 0 Å². The Hall–Kier alpha value is -2.68. The fraction of sp³-hybridized carbons (Fsp3) is 0.353. The number of nitrogen functional groups attached to an aromatic ring is 1. The summed E-state index contributed by atoms with van der Waals surface area (Å²) in [5, 5.41) is 0.0135. The zero-order valence-corrected chi connectivity index (χ0v) is 15.5.